The van der Waals surface area contributed by atoms with E-state index in [0.717, 1.165) is 57.8 Å². The van der Waals surface area contributed by atoms with E-state index in [2.05, 4.69) is 27.7 Å². The summed E-state index contributed by atoms with van der Waals surface area (Å²) < 4.78 is 0. The van der Waals surface area contributed by atoms with Gasteiger partial charge in [-0.3, -0.25) is 0 Å². The van der Waals surface area contributed by atoms with Crippen molar-refractivity contribution in [3.8, 4) is 0 Å². The normalized spacial score (nSPS) is 41.4. The van der Waals surface area contributed by atoms with Gasteiger partial charge in [0.1, 0.15) is 0 Å². The molecule has 2 aliphatic rings. The summed E-state index contributed by atoms with van der Waals surface area (Å²) >= 11 is 14.8. The number of halogens is 2. The highest BCUT2D eigenvalue weighted by atomic mass is 35.5. The lowest BCUT2D eigenvalue weighted by Gasteiger charge is -2.57. The lowest BCUT2D eigenvalue weighted by atomic mass is 9.56. The molecule has 2 fully saturated rings. The summed E-state index contributed by atoms with van der Waals surface area (Å²) in [6.45, 7) is 9.10. The highest BCUT2D eigenvalue weighted by Gasteiger charge is 2.57. The molecule has 2 saturated carbocycles. The molecule has 4 heteroatoms. The van der Waals surface area contributed by atoms with E-state index in [4.69, 9.17) is 34.7 Å². The summed E-state index contributed by atoms with van der Waals surface area (Å²) in [5.74, 6) is 0.614. The van der Waals surface area contributed by atoms with E-state index < -0.39 is 10.00 Å². The molecule has 2 nitrogen and oxygen atoms in total. The summed E-state index contributed by atoms with van der Waals surface area (Å²) in [5, 5.41) is 0. The number of nitrogens with two attached hydrogens (primary N) is 2. The van der Waals surface area contributed by atoms with Crippen LogP contribution in [-0.2, 0) is 0 Å². The van der Waals surface area contributed by atoms with Crippen LogP contribution < -0.4 is 11.5 Å². The maximum absolute atomic E-state index is 7.40. The van der Waals surface area contributed by atoms with Crippen molar-refractivity contribution in [2.75, 3.05) is 0 Å². The van der Waals surface area contributed by atoms with Crippen LogP contribution in [0.4, 0.5) is 0 Å². The Kier molecular flexibility index (Phi) is 10.5. The highest BCUT2D eigenvalue weighted by molar-refractivity contribution is 6.25. The molecule has 2 aliphatic carbocycles. The van der Waals surface area contributed by atoms with Gasteiger partial charge in [0.25, 0.3) is 0 Å². The fraction of sp³-hybridized carbons (Fsp3) is 1.00. The first-order valence-electron chi connectivity index (χ1n) is 13.6. The van der Waals surface area contributed by atoms with E-state index in [-0.39, 0.29) is 10.8 Å². The minimum absolute atomic E-state index is 0.0587. The third-order valence-electron chi connectivity index (χ3n) is 9.27. The topological polar surface area (TPSA) is 52.0 Å². The molecule has 4 N–H and O–H groups in total. The molecule has 31 heavy (non-hydrogen) atoms. The summed E-state index contributed by atoms with van der Waals surface area (Å²) in [4.78, 5) is -1.28. The summed E-state index contributed by atoms with van der Waals surface area (Å²) in [6.07, 6.45) is 19.8. The van der Waals surface area contributed by atoms with Gasteiger partial charge in [0, 0.05) is 10.8 Å². The number of hydrogen-bond acceptors (Lipinski definition) is 2. The van der Waals surface area contributed by atoms with Crippen molar-refractivity contribution in [1.29, 1.82) is 0 Å². The third kappa shape index (κ3) is 5.60. The Morgan fingerprint density at radius 1 is 0.645 bits per heavy atom. The Morgan fingerprint density at radius 3 is 1.35 bits per heavy atom. The number of hydrogen-bond donors (Lipinski definition) is 2. The molecule has 0 aromatic carbocycles. The van der Waals surface area contributed by atoms with Gasteiger partial charge in [-0.05, 0) is 69.6 Å². The molecule has 0 heterocycles. The minimum Gasteiger partial charge on any atom is -0.312 e. The fourth-order valence-electron chi connectivity index (χ4n) is 7.47. The number of rotatable bonds is 12. The monoisotopic (exact) mass is 474 g/mol. The van der Waals surface area contributed by atoms with Crippen LogP contribution in [0.3, 0.4) is 0 Å². The molecule has 6 unspecified atom stereocenters. The average Bonchev–Trinajstić information content (AvgIpc) is 2.71. The van der Waals surface area contributed by atoms with E-state index in [9.17, 15) is 0 Å². The van der Waals surface area contributed by atoms with E-state index in [0.29, 0.717) is 11.8 Å². The zero-order valence-corrected chi connectivity index (χ0v) is 22.6. The van der Waals surface area contributed by atoms with Crippen LogP contribution in [0.5, 0.6) is 0 Å². The van der Waals surface area contributed by atoms with Crippen LogP contribution in [0, 0.1) is 22.7 Å². The van der Waals surface area contributed by atoms with Crippen LogP contribution in [0.2, 0.25) is 0 Å². The Labute approximate surface area is 204 Å². The fourth-order valence-corrected chi connectivity index (χ4v) is 8.43. The molecule has 0 bridgehead atoms. The predicted octanol–water partition coefficient (Wildman–Crippen LogP) is 8.72. The summed E-state index contributed by atoms with van der Waals surface area (Å²) in [5.41, 5.74) is 14.4. The average molecular weight is 476 g/mol. The molecule has 0 aromatic heterocycles. The van der Waals surface area contributed by atoms with E-state index >= 15 is 0 Å². The molecule has 6 atom stereocenters. The molecule has 0 saturated heterocycles. The Balaban J connectivity index is 2.28. The lowest BCUT2D eigenvalue weighted by molar-refractivity contribution is 0.00110. The van der Waals surface area contributed by atoms with Crippen molar-refractivity contribution in [1.82, 2.24) is 0 Å². The van der Waals surface area contributed by atoms with Crippen LogP contribution in [0.15, 0.2) is 0 Å². The van der Waals surface area contributed by atoms with Gasteiger partial charge in [-0.2, -0.15) is 0 Å². The lowest BCUT2D eigenvalue weighted by Crippen LogP contribution is -2.62. The van der Waals surface area contributed by atoms with Gasteiger partial charge in [0.2, 0.25) is 0 Å². The maximum atomic E-state index is 7.40. The first-order valence-corrected chi connectivity index (χ1v) is 14.4. The number of unbranched alkanes of at least 4 members (excludes halogenated alkanes) is 2. The number of alkyl halides is 2. The summed E-state index contributed by atoms with van der Waals surface area (Å²) in [7, 11) is 0. The highest BCUT2D eigenvalue weighted by Crippen LogP contribution is 2.60. The molecule has 184 valence electrons. The molecule has 0 aromatic rings. The Hall–Kier alpha value is 0.500. The van der Waals surface area contributed by atoms with Gasteiger partial charge in [0.15, 0.2) is 0 Å². The summed E-state index contributed by atoms with van der Waals surface area (Å²) in [6, 6.07) is 0. The molecule has 0 aliphatic heterocycles. The molecule has 2 rings (SSSR count). The van der Waals surface area contributed by atoms with Crippen molar-refractivity contribution < 1.29 is 0 Å². The quantitative estimate of drug-likeness (QED) is 0.219. The second-order valence-corrected chi connectivity index (χ2v) is 12.5. The van der Waals surface area contributed by atoms with E-state index in [1.54, 1.807) is 0 Å². The van der Waals surface area contributed by atoms with Crippen molar-refractivity contribution in [2.24, 2.45) is 34.1 Å². The second kappa shape index (κ2) is 11.8. The van der Waals surface area contributed by atoms with Gasteiger partial charge < -0.3 is 11.5 Å². The van der Waals surface area contributed by atoms with Gasteiger partial charge in [0.05, 0.1) is 10.00 Å². The molecule has 0 spiro atoms. The standard InChI is InChI=1S/C27H52Cl2N2/c1-5-9-17-24(15-7-3)19-11-13-22(26(24,28)30)21-23-14-12-20-25(16-8-4,18-10-6-2)27(23,29)31/h22-23H,5-21,30-31H2,1-4H3. The van der Waals surface area contributed by atoms with Crippen molar-refractivity contribution in [3.63, 3.8) is 0 Å². The largest absolute Gasteiger partial charge is 0.312 e. The molecular formula is C27H52Cl2N2. The van der Waals surface area contributed by atoms with Crippen molar-refractivity contribution in [2.45, 2.75) is 147 Å². The Bertz CT molecular complexity index is 481. The second-order valence-electron chi connectivity index (χ2n) is 11.2. The predicted molar refractivity (Wildman–Crippen MR) is 139 cm³/mol. The maximum Gasteiger partial charge on any atom is 0.0995 e. The van der Waals surface area contributed by atoms with Gasteiger partial charge >= 0.3 is 0 Å². The van der Waals surface area contributed by atoms with Gasteiger partial charge in [-0.1, -0.05) is 79.1 Å². The zero-order valence-electron chi connectivity index (χ0n) is 21.1. The first-order chi connectivity index (χ1) is 14.7. The molecular weight excluding hydrogens is 423 g/mol. The molecule has 0 radical (unpaired) electrons. The van der Waals surface area contributed by atoms with Crippen LogP contribution >= 0.6 is 23.2 Å². The van der Waals surface area contributed by atoms with Crippen molar-refractivity contribution >= 4 is 23.2 Å². The van der Waals surface area contributed by atoms with Crippen LogP contribution in [-0.4, -0.2) is 10.00 Å². The minimum atomic E-state index is -0.641. The van der Waals surface area contributed by atoms with Crippen LogP contribution in [0.25, 0.3) is 0 Å². The van der Waals surface area contributed by atoms with Gasteiger partial charge in [-0.25, -0.2) is 0 Å². The van der Waals surface area contributed by atoms with E-state index in [1.165, 1.54) is 51.4 Å². The Morgan fingerprint density at radius 2 is 1.03 bits per heavy atom. The first kappa shape index (κ1) is 27.7. The van der Waals surface area contributed by atoms with Crippen molar-refractivity contribution in [3.05, 3.63) is 0 Å². The van der Waals surface area contributed by atoms with Crippen LogP contribution in [0.1, 0.15) is 137 Å². The SMILES string of the molecule is CCCCC1(CCC)CCCC(CC2CCCC(CCC)(CCCC)C2(N)Cl)C1(N)Cl. The van der Waals surface area contributed by atoms with Gasteiger partial charge in [-0.15, -0.1) is 23.2 Å². The van der Waals surface area contributed by atoms with E-state index in [1.807, 2.05) is 0 Å². The molecule has 0 amide bonds. The smallest absolute Gasteiger partial charge is 0.0995 e. The third-order valence-corrected chi connectivity index (χ3v) is 10.7. The zero-order chi connectivity index (χ0) is 23.2.